The Morgan fingerprint density at radius 2 is 1.90 bits per heavy atom. The van der Waals surface area contributed by atoms with Crippen LogP contribution < -0.4 is 5.32 Å². The highest BCUT2D eigenvalue weighted by Crippen LogP contribution is 2.41. The summed E-state index contributed by atoms with van der Waals surface area (Å²) in [5, 5.41) is 4.53. The van der Waals surface area contributed by atoms with Crippen molar-refractivity contribution in [1.29, 1.82) is 0 Å². The molecule has 0 spiro atoms. The molecule has 2 aliphatic heterocycles. The maximum absolute atomic E-state index is 13.0. The normalized spacial score (nSPS) is 21.7. The molecular weight excluding hydrogens is 483 g/mol. The number of nitrogens with one attached hydrogen (secondary N) is 1. The summed E-state index contributed by atoms with van der Waals surface area (Å²) in [6.45, 7) is 3.24. The first-order valence-electron chi connectivity index (χ1n) is 9.03. The zero-order valence-electron chi connectivity index (χ0n) is 16.1. The molecule has 0 aliphatic carbocycles. The van der Waals surface area contributed by atoms with Crippen molar-refractivity contribution in [3.05, 3.63) is 41.6 Å². The van der Waals surface area contributed by atoms with Crippen LogP contribution >= 0.6 is 23.5 Å². The SMILES string of the molecule is CC1(OC2=CSC(N(OC(=O)C(F)(F)F)S(=O)(=O)c3ccccc3)N2Cl)CCNCC1. The highest BCUT2D eigenvalue weighted by molar-refractivity contribution is 8.03. The molecule has 1 unspecified atom stereocenters. The van der Waals surface area contributed by atoms with Crippen LogP contribution in [-0.4, -0.2) is 53.6 Å². The van der Waals surface area contributed by atoms with Crippen LogP contribution in [0.15, 0.2) is 46.5 Å². The molecule has 172 valence electrons. The van der Waals surface area contributed by atoms with Crippen LogP contribution in [0, 0.1) is 0 Å². The highest BCUT2D eigenvalue weighted by Gasteiger charge is 2.49. The molecule has 1 N–H and O–H groups in total. The molecule has 0 amide bonds. The summed E-state index contributed by atoms with van der Waals surface area (Å²) in [6.07, 6.45) is -4.14. The molecule has 0 saturated carbocycles. The van der Waals surface area contributed by atoms with Crippen molar-refractivity contribution in [1.82, 2.24) is 14.2 Å². The number of thioether (sulfide) groups is 1. The van der Waals surface area contributed by atoms with E-state index in [1.54, 1.807) is 0 Å². The predicted octanol–water partition coefficient (Wildman–Crippen LogP) is 3.14. The summed E-state index contributed by atoms with van der Waals surface area (Å²) in [5.74, 6) is -2.66. The Balaban J connectivity index is 1.87. The molecule has 1 aromatic carbocycles. The largest absolute Gasteiger partial charge is 0.492 e. The van der Waals surface area contributed by atoms with Crippen molar-refractivity contribution in [2.45, 2.75) is 41.9 Å². The second-order valence-electron chi connectivity index (χ2n) is 6.98. The van der Waals surface area contributed by atoms with E-state index in [0.29, 0.717) is 25.9 Å². The molecule has 31 heavy (non-hydrogen) atoms. The topological polar surface area (TPSA) is 88.2 Å². The van der Waals surface area contributed by atoms with Crippen molar-refractivity contribution in [2.24, 2.45) is 0 Å². The van der Waals surface area contributed by atoms with Gasteiger partial charge in [0.2, 0.25) is 11.4 Å². The number of sulfonamides is 1. The number of alkyl halides is 3. The Bertz CT molecular complexity index is 940. The molecule has 8 nitrogen and oxygen atoms in total. The van der Waals surface area contributed by atoms with Crippen molar-refractivity contribution >= 4 is 39.5 Å². The fourth-order valence-electron chi connectivity index (χ4n) is 2.88. The number of hydrogen-bond donors (Lipinski definition) is 1. The molecule has 1 aromatic rings. The van der Waals surface area contributed by atoms with Crippen molar-refractivity contribution in [3.63, 3.8) is 0 Å². The summed E-state index contributed by atoms with van der Waals surface area (Å²) < 4.78 is 71.1. The van der Waals surface area contributed by atoms with E-state index >= 15 is 0 Å². The van der Waals surface area contributed by atoms with Gasteiger partial charge in [0, 0.05) is 21.7 Å². The maximum Gasteiger partial charge on any atom is 0.492 e. The zero-order valence-corrected chi connectivity index (χ0v) is 18.5. The quantitative estimate of drug-likeness (QED) is 0.470. The van der Waals surface area contributed by atoms with Gasteiger partial charge in [-0.2, -0.15) is 13.2 Å². The number of carbonyl (C=O) groups is 1. The van der Waals surface area contributed by atoms with Crippen LogP contribution in [-0.2, 0) is 24.4 Å². The second kappa shape index (κ2) is 9.06. The maximum atomic E-state index is 13.0. The van der Waals surface area contributed by atoms with Crippen LogP contribution in [0.1, 0.15) is 19.8 Å². The first-order chi connectivity index (χ1) is 14.4. The number of rotatable bonds is 6. The van der Waals surface area contributed by atoms with Gasteiger partial charge >= 0.3 is 12.1 Å². The van der Waals surface area contributed by atoms with Gasteiger partial charge in [-0.05, 0) is 45.0 Å². The summed E-state index contributed by atoms with van der Waals surface area (Å²) in [7, 11) is -4.70. The van der Waals surface area contributed by atoms with E-state index in [9.17, 15) is 26.4 Å². The summed E-state index contributed by atoms with van der Waals surface area (Å²) in [6, 6.07) is 6.59. The molecule has 1 fully saturated rings. The van der Waals surface area contributed by atoms with Gasteiger partial charge < -0.3 is 14.9 Å². The average molecular weight is 502 g/mol. The average Bonchev–Trinajstić information content (AvgIpc) is 3.05. The number of halogens is 4. The molecular formula is C17H19ClF3N3O5S2. The zero-order chi connectivity index (χ0) is 22.9. The molecule has 1 atom stereocenters. The lowest BCUT2D eigenvalue weighted by Gasteiger charge is -2.37. The van der Waals surface area contributed by atoms with E-state index in [2.05, 4.69) is 10.2 Å². The highest BCUT2D eigenvalue weighted by atomic mass is 35.5. The molecule has 0 bridgehead atoms. The van der Waals surface area contributed by atoms with Gasteiger partial charge in [-0.3, -0.25) is 0 Å². The van der Waals surface area contributed by atoms with Crippen LogP contribution in [0.4, 0.5) is 13.2 Å². The Morgan fingerprint density at radius 3 is 2.48 bits per heavy atom. The van der Waals surface area contributed by atoms with E-state index < -0.39 is 33.3 Å². The van der Waals surface area contributed by atoms with Gasteiger partial charge in [-0.1, -0.05) is 30.0 Å². The van der Waals surface area contributed by atoms with E-state index in [4.69, 9.17) is 16.5 Å². The van der Waals surface area contributed by atoms with Crippen LogP contribution in [0.25, 0.3) is 0 Å². The van der Waals surface area contributed by atoms with Crippen molar-refractivity contribution in [2.75, 3.05) is 13.1 Å². The fourth-order valence-corrected chi connectivity index (χ4v) is 5.74. The molecule has 1 saturated heterocycles. The van der Waals surface area contributed by atoms with Crippen LogP contribution in [0.2, 0.25) is 0 Å². The Hall–Kier alpha value is -1.67. The van der Waals surface area contributed by atoms with Gasteiger partial charge in [0.25, 0.3) is 10.0 Å². The number of carbonyl (C=O) groups excluding carboxylic acids is 1. The minimum atomic E-state index is -5.42. The number of ether oxygens (including phenoxy) is 1. The van der Waals surface area contributed by atoms with Gasteiger partial charge in [0.15, 0.2) is 0 Å². The minimum absolute atomic E-state index is 0.0392. The predicted molar refractivity (Wildman–Crippen MR) is 106 cm³/mol. The molecule has 2 aliphatic rings. The van der Waals surface area contributed by atoms with E-state index in [1.807, 2.05) is 6.92 Å². The number of hydrogen-bond acceptors (Lipinski definition) is 8. The Morgan fingerprint density at radius 1 is 1.29 bits per heavy atom. The molecule has 14 heteroatoms. The molecule has 3 rings (SSSR count). The lowest BCUT2D eigenvalue weighted by atomic mass is 9.95. The number of piperidine rings is 1. The summed E-state index contributed by atoms with van der Waals surface area (Å²) in [5.41, 5.74) is -2.16. The summed E-state index contributed by atoms with van der Waals surface area (Å²) >= 11 is 6.96. The second-order valence-corrected chi connectivity index (χ2v) is 10.1. The Labute approximate surface area is 186 Å². The van der Waals surface area contributed by atoms with E-state index in [0.717, 1.165) is 28.3 Å². The standard InChI is InChI=1S/C17H19ClF3N3O5S2/c1-16(7-9-22-10-8-16)28-13-11-30-15(23(13)18)24(29-14(25)17(19,20)21)31(26,27)12-5-3-2-4-6-12/h2-6,11,15,22H,7-10H2,1H3. The molecule has 0 radical (unpaired) electrons. The Kier molecular flexibility index (Phi) is 7.01. The number of benzene rings is 1. The van der Waals surface area contributed by atoms with Crippen molar-refractivity contribution < 1.29 is 36.0 Å². The minimum Gasteiger partial charge on any atom is -0.471 e. The number of nitrogens with zero attached hydrogens (tertiary/aromatic N) is 2. The van der Waals surface area contributed by atoms with Gasteiger partial charge in [0.1, 0.15) is 5.60 Å². The summed E-state index contributed by atoms with van der Waals surface area (Å²) in [4.78, 5) is 15.4. The lowest BCUT2D eigenvalue weighted by Crippen LogP contribution is -2.48. The smallest absolute Gasteiger partial charge is 0.471 e. The molecule has 2 heterocycles. The monoisotopic (exact) mass is 501 g/mol. The third kappa shape index (κ3) is 5.40. The van der Waals surface area contributed by atoms with Crippen LogP contribution in [0.3, 0.4) is 0 Å². The first kappa shape index (κ1) is 24.0. The fraction of sp³-hybridized carbons (Fsp3) is 0.471. The van der Waals surface area contributed by atoms with Gasteiger partial charge in [-0.25, -0.2) is 17.6 Å². The third-order valence-corrected chi connectivity index (χ3v) is 7.77. The van der Waals surface area contributed by atoms with Crippen LogP contribution in [0.5, 0.6) is 0 Å². The lowest BCUT2D eigenvalue weighted by molar-refractivity contribution is -0.226. The van der Waals surface area contributed by atoms with E-state index in [1.165, 1.54) is 23.6 Å². The van der Waals surface area contributed by atoms with E-state index in [-0.39, 0.29) is 15.2 Å². The van der Waals surface area contributed by atoms with Gasteiger partial charge in [-0.15, -0.1) is 0 Å². The van der Waals surface area contributed by atoms with Gasteiger partial charge in [0.05, 0.1) is 4.90 Å². The third-order valence-electron chi connectivity index (χ3n) is 4.57. The molecule has 0 aromatic heterocycles. The first-order valence-corrected chi connectivity index (χ1v) is 11.8. The van der Waals surface area contributed by atoms with Crippen molar-refractivity contribution in [3.8, 4) is 0 Å². The number of hydroxylamine groups is 1.